The molecule has 6 nitrogen and oxygen atoms in total. The van der Waals surface area contributed by atoms with E-state index in [1.807, 2.05) is 39.0 Å². The van der Waals surface area contributed by atoms with Gasteiger partial charge in [-0.2, -0.15) is 9.78 Å². The monoisotopic (exact) mass is 551 g/mol. The van der Waals surface area contributed by atoms with Gasteiger partial charge in [0.15, 0.2) is 11.5 Å². The molecule has 3 aromatic carbocycles. The summed E-state index contributed by atoms with van der Waals surface area (Å²) in [5, 5.41) is 5.01. The molecule has 1 atom stereocenters. The van der Waals surface area contributed by atoms with E-state index < -0.39 is 0 Å². The van der Waals surface area contributed by atoms with Gasteiger partial charge in [0.05, 0.1) is 23.7 Å². The molecule has 0 radical (unpaired) electrons. The summed E-state index contributed by atoms with van der Waals surface area (Å²) >= 11 is 3.43. The molecule has 0 unspecified atom stereocenters. The first-order valence-corrected chi connectivity index (χ1v) is 12.6. The van der Waals surface area contributed by atoms with Crippen LogP contribution in [0.4, 0.5) is 4.39 Å². The zero-order chi connectivity index (χ0) is 25.7. The van der Waals surface area contributed by atoms with Crippen LogP contribution >= 0.6 is 15.9 Å². The van der Waals surface area contributed by atoms with E-state index in [0.717, 1.165) is 22.0 Å². The van der Waals surface area contributed by atoms with Gasteiger partial charge in [0.2, 0.25) is 0 Å². The standard InChI is InChI=1S/C28H27BrFN3O3/c1-4-18(3)27-32-24-11-10-21(29)15-23(24)28(34)33(27)31-16-19-9-12-25(26(14-19)35-5-2)36-17-20-7-6-8-22(30)13-20/h6-16,18H,4-5,17H2,1-3H3/t18-/m0/s1. The molecule has 8 heteroatoms. The molecule has 0 aliphatic heterocycles. The molecule has 0 fully saturated rings. The number of hydrogen-bond acceptors (Lipinski definition) is 5. The molecule has 36 heavy (non-hydrogen) atoms. The van der Waals surface area contributed by atoms with E-state index in [0.29, 0.717) is 34.8 Å². The van der Waals surface area contributed by atoms with Gasteiger partial charge in [-0.15, -0.1) is 0 Å². The lowest BCUT2D eigenvalue weighted by Gasteiger charge is -2.14. The van der Waals surface area contributed by atoms with Crippen LogP contribution in [0.5, 0.6) is 11.5 Å². The Hall–Kier alpha value is -3.52. The average molecular weight is 552 g/mol. The molecular formula is C28H27BrFN3O3. The highest BCUT2D eigenvalue weighted by Crippen LogP contribution is 2.29. The summed E-state index contributed by atoms with van der Waals surface area (Å²) in [4.78, 5) is 18.1. The van der Waals surface area contributed by atoms with Crippen LogP contribution < -0.4 is 15.0 Å². The van der Waals surface area contributed by atoms with Crippen LogP contribution in [0.15, 0.2) is 75.0 Å². The van der Waals surface area contributed by atoms with Crippen LogP contribution in [0, 0.1) is 5.82 Å². The topological polar surface area (TPSA) is 65.7 Å². The lowest BCUT2D eigenvalue weighted by molar-refractivity contribution is 0.269. The Morgan fingerprint density at radius 3 is 2.67 bits per heavy atom. The van der Waals surface area contributed by atoms with Crippen molar-refractivity contribution in [2.24, 2.45) is 5.10 Å². The zero-order valence-corrected chi connectivity index (χ0v) is 22.0. The smallest absolute Gasteiger partial charge is 0.282 e. The van der Waals surface area contributed by atoms with E-state index in [9.17, 15) is 9.18 Å². The highest BCUT2D eigenvalue weighted by Gasteiger charge is 2.16. The lowest BCUT2D eigenvalue weighted by atomic mass is 10.1. The summed E-state index contributed by atoms with van der Waals surface area (Å²) in [5.74, 6) is 1.41. The molecule has 0 aliphatic rings. The van der Waals surface area contributed by atoms with Gasteiger partial charge in [-0.25, -0.2) is 9.37 Å². The lowest BCUT2D eigenvalue weighted by Crippen LogP contribution is -2.23. The third kappa shape index (κ3) is 5.82. The number of benzene rings is 3. The van der Waals surface area contributed by atoms with E-state index >= 15 is 0 Å². The second-order valence-corrected chi connectivity index (χ2v) is 9.28. The Morgan fingerprint density at radius 2 is 1.92 bits per heavy atom. The molecule has 4 rings (SSSR count). The Morgan fingerprint density at radius 1 is 1.08 bits per heavy atom. The van der Waals surface area contributed by atoms with Gasteiger partial charge in [0.1, 0.15) is 18.2 Å². The fourth-order valence-corrected chi connectivity index (χ4v) is 4.04. The van der Waals surface area contributed by atoms with E-state index in [1.54, 1.807) is 36.5 Å². The van der Waals surface area contributed by atoms with Crippen molar-refractivity contribution in [1.29, 1.82) is 0 Å². The average Bonchev–Trinajstić information content (AvgIpc) is 2.87. The van der Waals surface area contributed by atoms with Gasteiger partial charge in [0.25, 0.3) is 5.56 Å². The van der Waals surface area contributed by atoms with Crippen molar-refractivity contribution < 1.29 is 13.9 Å². The maximum absolute atomic E-state index is 13.5. The first-order chi connectivity index (χ1) is 17.4. The van der Waals surface area contributed by atoms with Crippen molar-refractivity contribution in [2.75, 3.05) is 6.61 Å². The number of hydrogen-bond donors (Lipinski definition) is 0. The van der Waals surface area contributed by atoms with Crippen molar-refractivity contribution in [3.8, 4) is 11.5 Å². The van der Waals surface area contributed by atoms with E-state index in [1.165, 1.54) is 16.8 Å². The number of halogens is 2. The van der Waals surface area contributed by atoms with Crippen LogP contribution in [0.3, 0.4) is 0 Å². The number of aromatic nitrogens is 2. The molecule has 1 aromatic heterocycles. The van der Waals surface area contributed by atoms with Gasteiger partial charge < -0.3 is 9.47 Å². The first-order valence-electron chi connectivity index (χ1n) is 11.8. The van der Waals surface area contributed by atoms with Crippen molar-refractivity contribution in [3.05, 3.63) is 98.3 Å². The van der Waals surface area contributed by atoms with Gasteiger partial charge in [-0.05, 0) is 73.0 Å². The fraction of sp³-hybridized carbons (Fsp3) is 0.250. The van der Waals surface area contributed by atoms with Crippen LogP contribution in [0.1, 0.15) is 50.1 Å². The highest BCUT2D eigenvalue weighted by molar-refractivity contribution is 9.10. The Balaban J connectivity index is 1.67. The van der Waals surface area contributed by atoms with Gasteiger partial charge in [0, 0.05) is 10.4 Å². The van der Waals surface area contributed by atoms with Gasteiger partial charge >= 0.3 is 0 Å². The van der Waals surface area contributed by atoms with Crippen LogP contribution in [0.2, 0.25) is 0 Å². The maximum atomic E-state index is 13.5. The zero-order valence-electron chi connectivity index (χ0n) is 20.4. The van der Waals surface area contributed by atoms with Crippen LogP contribution in [-0.2, 0) is 6.61 Å². The van der Waals surface area contributed by atoms with Crippen molar-refractivity contribution >= 4 is 33.0 Å². The summed E-state index contributed by atoms with van der Waals surface area (Å²) in [5.41, 5.74) is 1.86. The largest absolute Gasteiger partial charge is 0.490 e. The quantitative estimate of drug-likeness (QED) is 0.218. The Bertz CT molecular complexity index is 1470. The minimum Gasteiger partial charge on any atom is -0.490 e. The number of rotatable bonds is 9. The fourth-order valence-electron chi connectivity index (χ4n) is 3.68. The molecule has 0 saturated carbocycles. The van der Waals surface area contributed by atoms with Crippen molar-refractivity contribution in [3.63, 3.8) is 0 Å². The number of nitrogens with zero attached hydrogens (tertiary/aromatic N) is 3. The predicted octanol–water partition coefficient (Wildman–Crippen LogP) is 6.67. The minimum atomic E-state index is -0.310. The van der Waals surface area contributed by atoms with E-state index in [-0.39, 0.29) is 23.9 Å². The van der Waals surface area contributed by atoms with Crippen molar-refractivity contribution in [2.45, 2.75) is 39.7 Å². The maximum Gasteiger partial charge on any atom is 0.282 e. The summed E-state index contributed by atoms with van der Waals surface area (Å²) < 4.78 is 27.3. The normalized spacial score (nSPS) is 12.2. The van der Waals surface area contributed by atoms with Gasteiger partial charge in [-0.3, -0.25) is 4.79 Å². The molecule has 0 bridgehead atoms. The molecule has 0 aliphatic carbocycles. The third-order valence-electron chi connectivity index (χ3n) is 5.76. The Labute approximate surface area is 217 Å². The molecule has 0 spiro atoms. The summed E-state index contributed by atoms with van der Waals surface area (Å²) in [6.07, 6.45) is 2.42. The molecule has 0 N–H and O–H groups in total. The molecular weight excluding hydrogens is 525 g/mol. The summed E-state index contributed by atoms with van der Waals surface area (Å²) in [6.45, 7) is 6.60. The van der Waals surface area contributed by atoms with E-state index in [4.69, 9.17) is 14.5 Å². The van der Waals surface area contributed by atoms with Gasteiger partial charge in [-0.1, -0.05) is 41.9 Å². The third-order valence-corrected chi connectivity index (χ3v) is 6.25. The molecule has 0 amide bonds. The first kappa shape index (κ1) is 25.6. The molecule has 0 saturated heterocycles. The van der Waals surface area contributed by atoms with Crippen molar-refractivity contribution in [1.82, 2.24) is 9.66 Å². The number of fused-ring (bicyclic) bond motifs is 1. The molecule has 1 heterocycles. The van der Waals surface area contributed by atoms with Crippen LogP contribution in [0.25, 0.3) is 10.9 Å². The predicted molar refractivity (Wildman–Crippen MR) is 144 cm³/mol. The SMILES string of the molecule is CCOc1cc(C=Nn2c([C@@H](C)CC)nc3ccc(Br)cc3c2=O)ccc1OCc1cccc(F)c1. The minimum absolute atomic E-state index is 0.0421. The van der Waals surface area contributed by atoms with E-state index in [2.05, 4.69) is 21.0 Å². The number of ether oxygens (including phenoxy) is 2. The Kier molecular flexibility index (Phi) is 8.15. The van der Waals surface area contributed by atoms with Crippen LogP contribution in [-0.4, -0.2) is 22.5 Å². The molecule has 186 valence electrons. The highest BCUT2D eigenvalue weighted by atomic mass is 79.9. The second kappa shape index (κ2) is 11.5. The summed E-state index contributed by atoms with van der Waals surface area (Å²) in [6, 6.07) is 17.1. The summed E-state index contributed by atoms with van der Waals surface area (Å²) in [7, 11) is 0. The molecule has 4 aromatic rings. The second-order valence-electron chi connectivity index (χ2n) is 8.36.